The number of rotatable bonds is 8. The second kappa shape index (κ2) is 12.9. The van der Waals surface area contributed by atoms with E-state index in [0.717, 1.165) is 0 Å². The van der Waals surface area contributed by atoms with Gasteiger partial charge in [-0.2, -0.15) is 0 Å². The first kappa shape index (κ1) is 27.7. The Kier molecular flexibility index (Phi) is 9.43. The molecule has 4 aromatic carbocycles. The summed E-state index contributed by atoms with van der Waals surface area (Å²) in [7, 11) is 0. The van der Waals surface area contributed by atoms with Crippen molar-refractivity contribution in [2.45, 2.75) is 25.7 Å². The molecule has 0 radical (unpaired) electrons. The molecule has 0 aromatic heterocycles. The zero-order valence-corrected chi connectivity index (χ0v) is 21.1. The van der Waals surface area contributed by atoms with Gasteiger partial charge >= 0.3 is 11.9 Å². The molecule has 4 aromatic rings. The predicted molar refractivity (Wildman–Crippen MR) is 145 cm³/mol. The van der Waals surface area contributed by atoms with E-state index in [0.29, 0.717) is 33.4 Å². The third-order valence-electron chi connectivity index (χ3n) is 6.11. The molecular formula is C32H28O6. The van der Waals surface area contributed by atoms with E-state index >= 15 is 0 Å². The smallest absolute Gasteiger partial charge is 0.310 e. The van der Waals surface area contributed by atoms with Gasteiger partial charge in [-0.25, -0.2) is 0 Å². The van der Waals surface area contributed by atoms with Gasteiger partial charge < -0.3 is 10.2 Å². The number of ketones is 2. The molecule has 0 heterocycles. The highest BCUT2D eigenvalue weighted by Gasteiger charge is 2.17. The maximum Gasteiger partial charge on any atom is 0.310 e. The van der Waals surface area contributed by atoms with Crippen molar-refractivity contribution < 1.29 is 29.4 Å². The highest BCUT2D eigenvalue weighted by Crippen LogP contribution is 2.20. The van der Waals surface area contributed by atoms with Gasteiger partial charge in [0.25, 0.3) is 0 Å². The lowest BCUT2D eigenvalue weighted by molar-refractivity contribution is -0.139. The molecule has 2 N–H and O–H groups in total. The maximum absolute atomic E-state index is 12.2. The van der Waals surface area contributed by atoms with Crippen LogP contribution in [0.2, 0.25) is 0 Å². The van der Waals surface area contributed by atoms with Gasteiger partial charge in [0.05, 0.1) is 11.8 Å². The van der Waals surface area contributed by atoms with Crippen LogP contribution in [0, 0.1) is 0 Å². The average molecular weight is 509 g/mol. The molecule has 192 valence electrons. The molecule has 38 heavy (non-hydrogen) atoms. The van der Waals surface area contributed by atoms with Crippen molar-refractivity contribution in [3.05, 3.63) is 143 Å². The van der Waals surface area contributed by atoms with Gasteiger partial charge in [0.15, 0.2) is 11.6 Å². The quantitative estimate of drug-likeness (QED) is 0.274. The predicted octanol–water partition coefficient (Wildman–Crippen LogP) is 6.21. The van der Waals surface area contributed by atoms with E-state index < -0.39 is 23.8 Å². The first-order valence-corrected chi connectivity index (χ1v) is 12.0. The zero-order valence-electron chi connectivity index (χ0n) is 21.1. The summed E-state index contributed by atoms with van der Waals surface area (Å²) >= 11 is 0. The Morgan fingerprint density at radius 2 is 0.789 bits per heavy atom. The number of hydrogen-bond donors (Lipinski definition) is 2. The average Bonchev–Trinajstić information content (AvgIpc) is 2.96. The summed E-state index contributed by atoms with van der Waals surface area (Å²) in [4.78, 5) is 46.4. The van der Waals surface area contributed by atoms with E-state index in [1.807, 2.05) is 12.1 Å². The molecule has 0 saturated carbocycles. The van der Waals surface area contributed by atoms with Crippen molar-refractivity contribution in [1.82, 2.24) is 0 Å². The van der Waals surface area contributed by atoms with Crippen LogP contribution in [-0.4, -0.2) is 33.7 Å². The first-order valence-electron chi connectivity index (χ1n) is 12.0. The van der Waals surface area contributed by atoms with Crippen molar-refractivity contribution in [2.75, 3.05) is 0 Å². The lowest BCUT2D eigenvalue weighted by Crippen LogP contribution is -2.09. The maximum atomic E-state index is 12.2. The molecule has 0 fully saturated rings. The highest BCUT2D eigenvalue weighted by molar-refractivity contribution is 6.09. The first-order chi connectivity index (χ1) is 18.2. The Morgan fingerprint density at radius 1 is 0.474 bits per heavy atom. The van der Waals surface area contributed by atoms with Crippen LogP contribution in [0.5, 0.6) is 0 Å². The lowest BCUT2D eigenvalue weighted by atomic mass is 9.96. The van der Waals surface area contributed by atoms with Crippen LogP contribution in [0.15, 0.2) is 109 Å². The summed E-state index contributed by atoms with van der Waals surface area (Å²) in [5.74, 6) is -3.24. The van der Waals surface area contributed by atoms with Gasteiger partial charge in [-0.15, -0.1) is 0 Å². The number of carbonyl (C=O) groups is 4. The van der Waals surface area contributed by atoms with Crippen molar-refractivity contribution in [2.24, 2.45) is 0 Å². The van der Waals surface area contributed by atoms with Gasteiger partial charge in [0.2, 0.25) is 0 Å². The van der Waals surface area contributed by atoms with E-state index in [9.17, 15) is 19.2 Å². The number of carboxylic acids is 2. The second-order valence-electron chi connectivity index (χ2n) is 8.76. The van der Waals surface area contributed by atoms with E-state index in [4.69, 9.17) is 10.2 Å². The lowest BCUT2D eigenvalue weighted by Gasteiger charge is -2.08. The van der Waals surface area contributed by atoms with Gasteiger partial charge in [-0.05, 0) is 37.1 Å². The third-order valence-corrected chi connectivity index (χ3v) is 6.11. The van der Waals surface area contributed by atoms with Crippen molar-refractivity contribution in [1.29, 1.82) is 0 Å². The Labute approximate surface area is 221 Å². The summed E-state index contributed by atoms with van der Waals surface area (Å²) in [5, 5.41) is 18.0. The number of aliphatic carboxylic acids is 2. The molecule has 0 bridgehead atoms. The van der Waals surface area contributed by atoms with E-state index in [1.54, 1.807) is 111 Å². The molecule has 6 heteroatoms. The van der Waals surface area contributed by atoms with Crippen LogP contribution < -0.4 is 0 Å². The van der Waals surface area contributed by atoms with Crippen LogP contribution >= 0.6 is 0 Å². The fourth-order valence-corrected chi connectivity index (χ4v) is 3.70. The number of benzene rings is 4. The highest BCUT2D eigenvalue weighted by atomic mass is 16.4. The Morgan fingerprint density at radius 3 is 1.11 bits per heavy atom. The summed E-state index contributed by atoms with van der Waals surface area (Å²) in [5.41, 5.74) is 3.49. The molecule has 6 nitrogen and oxygen atoms in total. The molecule has 0 amide bonds. The largest absolute Gasteiger partial charge is 0.481 e. The molecule has 0 aliphatic carbocycles. The molecule has 4 rings (SSSR count). The van der Waals surface area contributed by atoms with E-state index in [2.05, 4.69) is 0 Å². The van der Waals surface area contributed by atoms with Gasteiger partial charge in [-0.3, -0.25) is 19.2 Å². The molecule has 0 saturated heterocycles. The number of carbonyl (C=O) groups excluding carboxylic acids is 2. The molecule has 2 atom stereocenters. The summed E-state index contributed by atoms with van der Waals surface area (Å²) in [6.45, 7) is 3.21. The molecule has 0 unspecified atom stereocenters. The van der Waals surface area contributed by atoms with Crippen LogP contribution in [0.1, 0.15) is 68.7 Å². The van der Waals surface area contributed by atoms with E-state index in [-0.39, 0.29) is 11.6 Å². The van der Waals surface area contributed by atoms with Crippen LogP contribution in [0.25, 0.3) is 0 Å². The fraction of sp³-hybridized carbons (Fsp3) is 0.125. The van der Waals surface area contributed by atoms with Crippen molar-refractivity contribution in [3.63, 3.8) is 0 Å². The van der Waals surface area contributed by atoms with Crippen LogP contribution in [0.4, 0.5) is 0 Å². The number of hydrogen-bond acceptors (Lipinski definition) is 4. The summed E-state index contributed by atoms with van der Waals surface area (Å²) < 4.78 is 0. The monoisotopic (exact) mass is 508 g/mol. The third kappa shape index (κ3) is 7.11. The minimum atomic E-state index is -0.899. The summed E-state index contributed by atoms with van der Waals surface area (Å²) in [6, 6.07) is 31.5. The molecule has 0 aliphatic rings. The van der Waals surface area contributed by atoms with Crippen LogP contribution in [-0.2, 0) is 9.59 Å². The zero-order chi connectivity index (χ0) is 27.7. The molecule has 0 spiro atoms. The SMILES string of the molecule is C[C@H](C(=O)O)c1cccc(C(=O)c2ccccc2)c1.C[C@H](C(=O)O)c1cccc(C(=O)c2ccccc2)c1. The fourth-order valence-electron chi connectivity index (χ4n) is 3.70. The van der Waals surface area contributed by atoms with Gasteiger partial charge in [-0.1, -0.05) is 97.1 Å². The molecular weight excluding hydrogens is 480 g/mol. The Balaban J connectivity index is 0.000000211. The Bertz CT molecular complexity index is 1320. The van der Waals surface area contributed by atoms with Gasteiger partial charge in [0.1, 0.15) is 0 Å². The second-order valence-corrected chi connectivity index (χ2v) is 8.76. The van der Waals surface area contributed by atoms with Gasteiger partial charge in [0, 0.05) is 22.3 Å². The molecule has 0 aliphatic heterocycles. The van der Waals surface area contributed by atoms with Crippen LogP contribution in [0.3, 0.4) is 0 Å². The summed E-state index contributed by atoms with van der Waals surface area (Å²) in [6.07, 6.45) is 0. The van der Waals surface area contributed by atoms with Crippen molar-refractivity contribution in [3.8, 4) is 0 Å². The Hall–Kier alpha value is -4.84. The topological polar surface area (TPSA) is 109 Å². The van der Waals surface area contributed by atoms with E-state index in [1.165, 1.54) is 0 Å². The minimum Gasteiger partial charge on any atom is -0.481 e. The van der Waals surface area contributed by atoms with Crippen molar-refractivity contribution >= 4 is 23.5 Å². The minimum absolute atomic E-state index is 0.0972. The standard InChI is InChI=1S/2C16H14O3/c2*1-11(16(18)19)13-8-5-9-14(10-13)15(17)12-6-3-2-4-7-12/h2*2-11H,1H3,(H,18,19)/t2*11-/m00/s1. The normalized spacial score (nSPS) is 11.8. The number of carboxylic acid groups (broad SMARTS) is 2.